The van der Waals surface area contributed by atoms with Crippen LogP contribution in [0.15, 0.2) is 285 Å². The van der Waals surface area contributed by atoms with E-state index in [2.05, 4.69) is 290 Å². The third kappa shape index (κ3) is 6.57. The predicted octanol–water partition coefficient (Wildman–Crippen LogP) is 21.8. The zero-order valence-electron chi connectivity index (χ0n) is 43.1. The quantitative estimate of drug-likeness (QED) is 0.151. The molecule has 1 heterocycles. The van der Waals surface area contributed by atoms with Gasteiger partial charge in [-0.1, -0.05) is 237 Å². The summed E-state index contributed by atoms with van der Waals surface area (Å²) in [6.45, 7) is 0. The second-order valence-electron chi connectivity index (χ2n) is 21.4. The molecule has 0 aliphatic heterocycles. The molecule has 0 fully saturated rings. The van der Waals surface area contributed by atoms with Crippen molar-refractivity contribution in [1.82, 2.24) is 4.57 Å². The summed E-state index contributed by atoms with van der Waals surface area (Å²) < 4.78 is 2.44. The van der Waals surface area contributed by atoms with Crippen molar-refractivity contribution in [3.63, 3.8) is 0 Å². The summed E-state index contributed by atoms with van der Waals surface area (Å²) in [5.41, 5.74) is 13.3. The second-order valence-corrected chi connectivity index (χ2v) is 21.4. The fourth-order valence-corrected chi connectivity index (χ4v) is 13.8. The lowest BCUT2D eigenvalue weighted by Gasteiger charge is -2.17. The summed E-state index contributed by atoms with van der Waals surface area (Å²) in [6.07, 6.45) is 0. The first-order valence-corrected chi connectivity index (χ1v) is 27.5. The standard InChI is InChI=1S/C78H47N/c1-3-17-49(18-4-1)69-46-73-62-26-12-16-30-67(62)76-56-39-35-51(43-54(56)37-41-68(76)78(73)66-29-15-11-25-61(66)69)52-38-42-74-71(44-52)63-40-36-53(45-75(63)79(74)55-19-5-2-6-20-55)48-31-33-50(34-32-48)70-47-72-59-23-8-7-21-57(59)58-22-9-13-27-64(58)77(72)65-28-14-10-24-60(65)70/h1-47H. The van der Waals surface area contributed by atoms with E-state index in [0.717, 1.165) is 5.69 Å². The molecular weight excluding hydrogens is 951 g/mol. The van der Waals surface area contributed by atoms with Gasteiger partial charge >= 0.3 is 0 Å². The number of nitrogens with zero attached hydrogens (tertiary/aromatic N) is 1. The minimum absolute atomic E-state index is 1.15. The van der Waals surface area contributed by atoms with Crippen molar-refractivity contribution in [2.75, 3.05) is 0 Å². The first kappa shape index (κ1) is 43.9. The van der Waals surface area contributed by atoms with Crippen molar-refractivity contribution in [3.8, 4) is 50.2 Å². The van der Waals surface area contributed by atoms with Gasteiger partial charge in [0.1, 0.15) is 0 Å². The van der Waals surface area contributed by atoms with E-state index in [9.17, 15) is 0 Å². The first-order valence-electron chi connectivity index (χ1n) is 27.5. The van der Waals surface area contributed by atoms with Crippen molar-refractivity contribution in [1.29, 1.82) is 0 Å². The maximum atomic E-state index is 2.44. The Labute approximate surface area is 456 Å². The average molecular weight is 998 g/mol. The first-order chi connectivity index (χ1) is 39.2. The highest BCUT2D eigenvalue weighted by molar-refractivity contribution is 6.37. The number of aromatic nitrogens is 1. The molecule has 364 valence electrons. The van der Waals surface area contributed by atoms with E-state index < -0.39 is 0 Å². The van der Waals surface area contributed by atoms with E-state index in [4.69, 9.17) is 0 Å². The normalized spacial score (nSPS) is 12.1. The molecule has 1 aromatic heterocycles. The molecule has 0 aliphatic rings. The molecule has 79 heavy (non-hydrogen) atoms. The van der Waals surface area contributed by atoms with Crippen LogP contribution in [0.2, 0.25) is 0 Å². The van der Waals surface area contributed by atoms with Crippen molar-refractivity contribution in [3.05, 3.63) is 285 Å². The smallest absolute Gasteiger partial charge is 0.0547 e. The fraction of sp³-hybridized carbons (Fsp3) is 0. The molecule has 0 amide bonds. The minimum atomic E-state index is 1.15. The van der Waals surface area contributed by atoms with Crippen molar-refractivity contribution in [2.45, 2.75) is 0 Å². The molecule has 0 saturated heterocycles. The van der Waals surface area contributed by atoms with Gasteiger partial charge in [-0.2, -0.15) is 0 Å². The topological polar surface area (TPSA) is 4.93 Å². The minimum Gasteiger partial charge on any atom is -0.309 e. The van der Waals surface area contributed by atoms with Crippen molar-refractivity contribution >= 4 is 119 Å². The van der Waals surface area contributed by atoms with E-state index in [-0.39, 0.29) is 0 Å². The molecule has 0 radical (unpaired) electrons. The largest absolute Gasteiger partial charge is 0.309 e. The summed E-state index contributed by atoms with van der Waals surface area (Å²) in [4.78, 5) is 0. The van der Waals surface area contributed by atoms with Crippen LogP contribution in [0.3, 0.4) is 0 Å². The second kappa shape index (κ2) is 17.1. The van der Waals surface area contributed by atoms with E-state index in [1.165, 1.54) is 163 Å². The molecule has 0 unspecified atom stereocenters. The molecule has 0 aliphatic carbocycles. The zero-order valence-corrected chi connectivity index (χ0v) is 43.1. The monoisotopic (exact) mass is 997 g/mol. The molecular formula is C78H47N. The number of rotatable bonds is 5. The van der Waals surface area contributed by atoms with E-state index in [0.29, 0.717) is 0 Å². The molecule has 1 nitrogen and oxygen atoms in total. The van der Waals surface area contributed by atoms with Gasteiger partial charge in [-0.05, 0) is 190 Å². The number of hydrogen-bond donors (Lipinski definition) is 0. The molecule has 16 aromatic carbocycles. The molecule has 0 N–H and O–H groups in total. The van der Waals surface area contributed by atoms with Gasteiger partial charge in [0.15, 0.2) is 0 Å². The fourth-order valence-electron chi connectivity index (χ4n) is 13.8. The molecule has 1 heteroatoms. The SMILES string of the molecule is c1ccc(-c2cc3c4ccccc4c4c5ccc(-c6ccc7c(c6)c6ccc(-c8ccc(-c9cc%10c%11ccccc%11c%11ccccc%11c%10c%10ccccc9%10)cc8)cc6n7-c6ccccc6)cc5ccc4c3c3ccccc23)cc1. The third-order valence-corrected chi connectivity index (χ3v) is 17.3. The Bertz CT molecular complexity index is 5400. The van der Waals surface area contributed by atoms with E-state index >= 15 is 0 Å². The summed E-state index contributed by atoms with van der Waals surface area (Å²) in [7, 11) is 0. The average Bonchev–Trinajstić information content (AvgIpc) is 3.94. The molecule has 0 spiro atoms. The van der Waals surface area contributed by atoms with Crippen molar-refractivity contribution < 1.29 is 0 Å². The predicted molar refractivity (Wildman–Crippen MR) is 340 cm³/mol. The molecule has 17 rings (SSSR count). The summed E-state index contributed by atoms with van der Waals surface area (Å²) >= 11 is 0. The lowest BCUT2D eigenvalue weighted by molar-refractivity contribution is 1.18. The Morgan fingerprint density at radius 1 is 0.177 bits per heavy atom. The Balaban J connectivity index is 0.788. The van der Waals surface area contributed by atoms with Gasteiger partial charge in [-0.3, -0.25) is 0 Å². The highest BCUT2D eigenvalue weighted by atomic mass is 15.0. The maximum absolute atomic E-state index is 2.44. The number of benzene rings is 16. The van der Waals surface area contributed by atoms with Gasteiger partial charge in [0.05, 0.1) is 11.0 Å². The van der Waals surface area contributed by atoms with Crippen LogP contribution in [-0.2, 0) is 0 Å². The zero-order chi connectivity index (χ0) is 51.7. The van der Waals surface area contributed by atoms with Crippen LogP contribution in [0.5, 0.6) is 0 Å². The van der Waals surface area contributed by atoms with Crippen LogP contribution in [0, 0.1) is 0 Å². The summed E-state index contributed by atoms with van der Waals surface area (Å²) in [6, 6.07) is 106. The van der Waals surface area contributed by atoms with Gasteiger partial charge in [0.25, 0.3) is 0 Å². The van der Waals surface area contributed by atoms with Crippen LogP contribution >= 0.6 is 0 Å². The lowest BCUT2D eigenvalue weighted by atomic mass is 9.86. The van der Waals surface area contributed by atoms with Crippen LogP contribution < -0.4 is 0 Å². The Hall–Kier alpha value is -10.3. The van der Waals surface area contributed by atoms with Crippen LogP contribution in [0.1, 0.15) is 0 Å². The Kier molecular flexibility index (Phi) is 9.48. The lowest BCUT2D eigenvalue weighted by Crippen LogP contribution is -1.93. The van der Waals surface area contributed by atoms with Crippen LogP contribution in [-0.4, -0.2) is 4.57 Å². The highest BCUT2D eigenvalue weighted by Crippen LogP contribution is 2.47. The third-order valence-electron chi connectivity index (χ3n) is 17.3. The number of hydrogen-bond acceptors (Lipinski definition) is 0. The van der Waals surface area contributed by atoms with Gasteiger partial charge in [0.2, 0.25) is 0 Å². The maximum Gasteiger partial charge on any atom is 0.0547 e. The van der Waals surface area contributed by atoms with Gasteiger partial charge in [-0.15, -0.1) is 0 Å². The van der Waals surface area contributed by atoms with Gasteiger partial charge in [0, 0.05) is 16.5 Å². The van der Waals surface area contributed by atoms with Crippen LogP contribution in [0.4, 0.5) is 0 Å². The van der Waals surface area contributed by atoms with E-state index in [1.54, 1.807) is 0 Å². The Morgan fingerprint density at radius 2 is 0.570 bits per heavy atom. The van der Waals surface area contributed by atoms with Gasteiger partial charge < -0.3 is 4.57 Å². The molecule has 17 aromatic rings. The summed E-state index contributed by atoms with van der Waals surface area (Å²) in [5.74, 6) is 0. The number of para-hydroxylation sites is 1. The summed E-state index contributed by atoms with van der Waals surface area (Å²) in [5, 5.41) is 25.6. The van der Waals surface area contributed by atoms with E-state index in [1.807, 2.05) is 0 Å². The Morgan fingerprint density at radius 3 is 1.19 bits per heavy atom. The molecule has 0 atom stereocenters. The van der Waals surface area contributed by atoms with Crippen molar-refractivity contribution in [2.24, 2.45) is 0 Å². The number of fused-ring (bicyclic) bond motifs is 21. The van der Waals surface area contributed by atoms with Gasteiger partial charge in [-0.25, -0.2) is 0 Å². The highest BCUT2D eigenvalue weighted by Gasteiger charge is 2.20. The molecule has 0 saturated carbocycles. The molecule has 0 bridgehead atoms. The van der Waals surface area contributed by atoms with Crippen LogP contribution in [0.25, 0.3) is 169 Å².